The minimum absolute atomic E-state index is 0.0126. The number of nitrogens with one attached hydrogen (secondary N) is 4. The zero-order valence-corrected chi connectivity index (χ0v) is 23.2. The molecule has 0 aliphatic heterocycles. The van der Waals surface area contributed by atoms with Crippen LogP contribution in [-0.4, -0.2) is 80.0 Å². The Morgan fingerprint density at radius 2 is 1.59 bits per heavy atom. The smallest absolute Gasteiger partial charge is 0.326 e. The third-order valence-electron chi connectivity index (χ3n) is 5.91. The molecule has 0 bridgehead atoms. The van der Waals surface area contributed by atoms with Crippen molar-refractivity contribution in [3.63, 3.8) is 0 Å². The summed E-state index contributed by atoms with van der Waals surface area (Å²) < 4.78 is 0. The summed E-state index contributed by atoms with van der Waals surface area (Å²) in [4.78, 5) is 58.0. The fourth-order valence-electron chi connectivity index (χ4n) is 3.80. The van der Waals surface area contributed by atoms with E-state index in [4.69, 9.17) is 5.73 Å². The number of imidazole rings is 1. The van der Waals surface area contributed by atoms with Crippen molar-refractivity contribution in [3.8, 4) is 5.75 Å². The van der Waals surface area contributed by atoms with E-state index in [1.807, 2.05) is 20.1 Å². The number of rotatable bonds is 16. The molecule has 13 heteroatoms. The Morgan fingerprint density at radius 1 is 0.974 bits per heavy atom. The standard InChI is InChI=1S/C26H38N6O6S/c1-15(2)10-20(30-23(34)19(27)8-9-39-3)24(35)31-21(12-17-13-28-14-29-17)25(36)32-22(26(37)38)11-16-4-6-18(33)7-5-16/h4-7,13-15,19-22,33H,8-12,27H2,1-3H3,(H,28,29)(H,30,34)(H,31,35)(H,32,36)(H,37,38). The molecule has 0 saturated heterocycles. The summed E-state index contributed by atoms with van der Waals surface area (Å²) in [5, 5.41) is 27.1. The van der Waals surface area contributed by atoms with E-state index < -0.39 is 47.9 Å². The quantitative estimate of drug-likeness (QED) is 0.153. The zero-order valence-electron chi connectivity index (χ0n) is 22.3. The summed E-state index contributed by atoms with van der Waals surface area (Å²) in [6.07, 6.45) is 5.56. The Bertz CT molecular complexity index is 1080. The van der Waals surface area contributed by atoms with E-state index in [9.17, 15) is 29.4 Å². The Labute approximate surface area is 231 Å². The van der Waals surface area contributed by atoms with Crippen LogP contribution >= 0.6 is 11.8 Å². The minimum atomic E-state index is -1.29. The largest absolute Gasteiger partial charge is 0.508 e. The van der Waals surface area contributed by atoms with Crippen molar-refractivity contribution in [2.45, 2.75) is 63.7 Å². The lowest BCUT2D eigenvalue weighted by molar-refractivity contribution is -0.142. The summed E-state index contributed by atoms with van der Waals surface area (Å²) in [5.41, 5.74) is 7.11. The molecule has 0 fully saturated rings. The lowest BCUT2D eigenvalue weighted by Crippen LogP contribution is -2.58. The molecule has 0 aliphatic rings. The first-order valence-corrected chi connectivity index (χ1v) is 14.0. The summed E-state index contributed by atoms with van der Waals surface area (Å²) in [7, 11) is 0. The van der Waals surface area contributed by atoms with Gasteiger partial charge in [0.15, 0.2) is 0 Å². The molecule has 0 aliphatic carbocycles. The SMILES string of the molecule is CSCCC(N)C(=O)NC(CC(C)C)C(=O)NC(Cc1cnc[nH]1)C(=O)NC(Cc1ccc(O)cc1)C(=O)O. The fraction of sp³-hybridized carbons (Fsp3) is 0.500. The maximum atomic E-state index is 13.3. The number of amides is 3. The Kier molecular flexibility index (Phi) is 12.8. The van der Waals surface area contributed by atoms with Crippen molar-refractivity contribution in [1.29, 1.82) is 0 Å². The summed E-state index contributed by atoms with van der Waals surface area (Å²) in [6, 6.07) is 1.80. The number of carboxylic acids is 1. The lowest BCUT2D eigenvalue weighted by Gasteiger charge is -2.26. The molecule has 0 saturated carbocycles. The van der Waals surface area contributed by atoms with E-state index >= 15 is 0 Å². The van der Waals surface area contributed by atoms with Gasteiger partial charge >= 0.3 is 5.97 Å². The average molecular weight is 563 g/mol. The minimum Gasteiger partial charge on any atom is -0.508 e. The monoisotopic (exact) mass is 562 g/mol. The first-order chi connectivity index (χ1) is 18.5. The van der Waals surface area contributed by atoms with E-state index in [0.717, 1.165) is 0 Å². The number of aliphatic carboxylic acids is 1. The summed E-state index contributed by atoms with van der Waals surface area (Å²) in [5.74, 6) is -2.24. The van der Waals surface area contributed by atoms with Gasteiger partial charge in [0.2, 0.25) is 17.7 Å². The van der Waals surface area contributed by atoms with Gasteiger partial charge in [-0.3, -0.25) is 14.4 Å². The molecule has 0 radical (unpaired) electrons. The van der Waals surface area contributed by atoms with Crippen LogP contribution in [0.5, 0.6) is 5.75 Å². The molecule has 8 N–H and O–H groups in total. The van der Waals surface area contributed by atoms with Crippen LogP contribution in [0.4, 0.5) is 0 Å². The number of aromatic amines is 1. The van der Waals surface area contributed by atoms with Gasteiger partial charge in [-0.05, 0) is 48.5 Å². The Morgan fingerprint density at radius 3 is 2.15 bits per heavy atom. The topological polar surface area (TPSA) is 200 Å². The number of carbonyl (C=O) groups excluding carboxylic acids is 3. The molecule has 3 amide bonds. The third kappa shape index (κ3) is 11.0. The van der Waals surface area contributed by atoms with Crippen molar-refractivity contribution in [2.24, 2.45) is 11.7 Å². The number of H-pyrrole nitrogens is 1. The van der Waals surface area contributed by atoms with Crippen LogP contribution < -0.4 is 21.7 Å². The molecule has 214 valence electrons. The molecule has 1 aromatic heterocycles. The third-order valence-corrected chi connectivity index (χ3v) is 6.56. The summed E-state index contributed by atoms with van der Waals surface area (Å²) >= 11 is 1.56. The van der Waals surface area contributed by atoms with Crippen molar-refractivity contribution in [1.82, 2.24) is 25.9 Å². The molecule has 2 rings (SSSR count). The van der Waals surface area contributed by atoms with E-state index in [-0.39, 0.29) is 24.5 Å². The van der Waals surface area contributed by atoms with Crippen LogP contribution in [0.3, 0.4) is 0 Å². The average Bonchev–Trinajstić information content (AvgIpc) is 3.40. The number of hydrogen-bond donors (Lipinski definition) is 7. The van der Waals surface area contributed by atoms with Crippen molar-refractivity contribution in [2.75, 3.05) is 12.0 Å². The van der Waals surface area contributed by atoms with Crippen LogP contribution in [0.1, 0.15) is 37.9 Å². The van der Waals surface area contributed by atoms with Gasteiger partial charge in [0.1, 0.15) is 23.9 Å². The molecular weight excluding hydrogens is 524 g/mol. The fourth-order valence-corrected chi connectivity index (χ4v) is 4.29. The Hall–Kier alpha value is -3.58. The lowest BCUT2D eigenvalue weighted by atomic mass is 10.0. The number of aromatic hydroxyl groups is 1. The maximum absolute atomic E-state index is 13.3. The van der Waals surface area contributed by atoms with Gasteiger partial charge in [-0.2, -0.15) is 11.8 Å². The van der Waals surface area contributed by atoms with Crippen LogP contribution in [0.2, 0.25) is 0 Å². The molecule has 1 aromatic carbocycles. The molecule has 12 nitrogen and oxygen atoms in total. The second-order valence-electron chi connectivity index (χ2n) is 9.69. The highest BCUT2D eigenvalue weighted by molar-refractivity contribution is 7.98. The number of nitrogens with two attached hydrogens (primary N) is 1. The number of phenols is 1. The predicted octanol–water partition coefficient (Wildman–Crippen LogP) is 0.566. The maximum Gasteiger partial charge on any atom is 0.326 e. The molecule has 0 spiro atoms. The van der Waals surface area contributed by atoms with E-state index in [0.29, 0.717) is 29.9 Å². The number of hydrogen-bond acceptors (Lipinski definition) is 8. The second-order valence-corrected chi connectivity index (χ2v) is 10.7. The van der Waals surface area contributed by atoms with Gasteiger partial charge in [0.25, 0.3) is 0 Å². The zero-order chi connectivity index (χ0) is 28.9. The summed E-state index contributed by atoms with van der Waals surface area (Å²) in [6.45, 7) is 3.80. The van der Waals surface area contributed by atoms with E-state index in [1.54, 1.807) is 23.9 Å². The molecule has 4 unspecified atom stereocenters. The van der Waals surface area contributed by atoms with Crippen LogP contribution in [0.25, 0.3) is 0 Å². The first kappa shape index (κ1) is 31.6. The molecular formula is C26H38N6O6S. The van der Waals surface area contributed by atoms with Crippen molar-refractivity contribution in [3.05, 3.63) is 48.0 Å². The van der Waals surface area contributed by atoms with Gasteiger partial charge in [0, 0.05) is 24.7 Å². The molecule has 4 atom stereocenters. The number of nitrogens with zero attached hydrogens (tertiary/aromatic N) is 1. The number of carboxylic acid groups (broad SMARTS) is 1. The predicted molar refractivity (Wildman–Crippen MR) is 148 cm³/mol. The van der Waals surface area contributed by atoms with Crippen molar-refractivity contribution < 1.29 is 29.4 Å². The van der Waals surface area contributed by atoms with E-state index in [2.05, 4.69) is 25.9 Å². The van der Waals surface area contributed by atoms with E-state index in [1.165, 1.54) is 24.7 Å². The van der Waals surface area contributed by atoms with Gasteiger partial charge in [0.05, 0.1) is 12.4 Å². The number of aromatic nitrogens is 2. The molecule has 2 aromatic rings. The highest BCUT2D eigenvalue weighted by Crippen LogP contribution is 2.12. The number of benzene rings is 1. The van der Waals surface area contributed by atoms with Gasteiger partial charge in [-0.1, -0.05) is 26.0 Å². The highest BCUT2D eigenvalue weighted by atomic mass is 32.2. The number of carbonyl (C=O) groups is 4. The number of thioether (sulfide) groups is 1. The second kappa shape index (κ2) is 15.7. The van der Waals surface area contributed by atoms with Crippen molar-refractivity contribution >= 4 is 35.5 Å². The van der Waals surface area contributed by atoms with Gasteiger partial charge in [-0.15, -0.1) is 0 Å². The molecule has 1 heterocycles. The first-order valence-electron chi connectivity index (χ1n) is 12.6. The van der Waals surface area contributed by atoms with Crippen LogP contribution in [0, 0.1) is 5.92 Å². The highest BCUT2D eigenvalue weighted by Gasteiger charge is 2.31. The van der Waals surface area contributed by atoms with Gasteiger partial charge in [-0.25, -0.2) is 9.78 Å². The number of phenolic OH excluding ortho intramolecular Hbond substituents is 1. The van der Waals surface area contributed by atoms with Crippen LogP contribution in [-0.2, 0) is 32.0 Å². The molecule has 39 heavy (non-hydrogen) atoms. The Balaban J connectivity index is 2.19. The van der Waals surface area contributed by atoms with Crippen LogP contribution in [0.15, 0.2) is 36.8 Å². The normalized spacial score (nSPS) is 14.2. The van der Waals surface area contributed by atoms with Gasteiger partial charge < -0.3 is 36.9 Å².